The summed E-state index contributed by atoms with van der Waals surface area (Å²) in [6, 6.07) is 3.06. The number of aromatic nitrogens is 2. The molecule has 0 aliphatic heterocycles. The Morgan fingerprint density at radius 2 is 2.27 bits per heavy atom. The lowest BCUT2D eigenvalue weighted by molar-refractivity contribution is 0.0592. The van der Waals surface area contributed by atoms with E-state index in [9.17, 15) is 4.79 Å². The average molecular weight is 211 g/mol. The number of hydrogen-bond acceptors (Lipinski definition) is 6. The predicted molar refractivity (Wildman–Crippen MR) is 52.5 cm³/mol. The average Bonchev–Trinajstić information content (AvgIpc) is 2.29. The van der Waals surface area contributed by atoms with Crippen LogP contribution in [0.25, 0.3) is 0 Å². The minimum Gasteiger partial charge on any atom is -0.477 e. The summed E-state index contributed by atoms with van der Waals surface area (Å²) < 4.78 is 9.68. The molecular formula is C9H13N3O3. The molecule has 0 spiro atoms. The van der Waals surface area contributed by atoms with Gasteiger partial charge in [0, 0.05) is 6.07 Å². The Balaban J connectivity index is 2.52. The summed E-state index contributed by atoms with van der Waals surface area (Å²) in [5, 5.41) is 7.35. The standard InChI is InChI=1S/C9H13N3O3/c1-14-9(13)7-3-4-8(12-11-7)15-6-2-5-10/h3-4H,2,5-6,10H2,1H3. The molecule has 0 radical (unpaired) electrons. The maximum Gasteiger partial charge on any atom is 0.358 e. The van der Waals surface area contributed by atoms with Gasteiger partial charge >= 0.3 is 5.97 Å². The SMILES string of the molecule is COC(=O)c1ccc(OCCCN)nn1. The number of esters is 1. The molecule has 0 saturated carbocycles. The monoisotopic (exact) mass is 211 g/mol. The van der Waals surface area contributed by atoms with E-state index in [1.807, 2.05) is 0 Å². The molecule has 1 aromatic heterocycles. The van der Waals surface area contributed by atoms with Crippen LogP contribution >= 0.6 is 0 Å². The highest BCUT2D eigenvalue weighted by molar-refractivity contribution is 5.86. The van der Waals surface area contributed by atoms with Crippen molar-refractivity contribution in [1.82, 2.24) is 10.2 Å². The molecule has 0 unspecified atom stereocenters. The number of carbonyl (C=O) groups is 1. The van der Waals surface area contributed by atoms with Gasteiger partial charge in [-0.3, -0.25) is 0 Å². The molecular weight excluding hydrogens is 198 g/mol. The van der Waals surface area contributed by atoms with Crippen molar-refractivity contribution in [3.8, 4) is 5.88 Å². The zero-order valence-electron chi connectivity index (χ0n) is 8.47. The van der Waals surface area contributed by atoms with Gasteiger partial charge in [0.2, 0.25) is 5.88 Å². The summed E-state index contributed by atoms with van der Waals surface area (Å²) in [5.74, 6) is -0.146. The Hall–Kier alpha value is -1.69. The maximum absolute atomic E-state index is 11.0. The van der Waals surface area contributed by atoms with E-state index in [0.29, 0.717) is 19.0 Å². The van der Waals surface area contributed by atoms with Gasteiger partial charge in [-0.05, 0) is 19.0 Å². The molecule has 6 heteroatoms. The van der Waals surface area contributed by atoms with Crippen molar-refractivity contribution in [2.45, 2.75) is 6.42 Å². The van der Waals surface area contributed by atoms with Gasteiger partial charge in [-0.2, -0.15) is 0 Å². The molecule has 82 valence electrons. The molecule has 6 nitrogen and oxygen atoms in total. The normalized spacial score (nSPS) is 9.73. The molecule has 15 heavy (non-hydrogen) atoms. The van der Waals surface area contributed by atoms with Crippen LogP contribution in [0.3, 0.4) is 0 Å². The first kappa shape index (κ1) is 11.4. The Kier molecular flexibility index (Phi) is 4.49. The number of carbonyl (C=O) groups excluding carboxylic acids is 1. The Bertz CT molecular complexity index is 313. The maximum atomic E-state index is 11.0. The second-order valence-corrected chi connectivity index (χ2v) is 2.74. The second-order valence-electron chi connectivity index (χ2n) is 2.74. The smallest absolute Gasteiger partial charge is 0.358 e. The molecule has 0 saturated heterocycles. The van der Waals surface area contributed by atoms with Crippen molar-refractivity contribution >= 4 is 5.97 Å². The van der Waals surface area contributed by atoms with Crippen molar-refractivity contribution < 1.29 is 14.3 Å². The van der Waals surface area contributed by atoms with Crippen LogP contribution in [-0.4, -0.2) is 36.4 Å². The Morgan fingerprint density at radius 1 is 1.47 bits per heavy atom. The van der Waals surface area contributed by atoms with Crippen molar-refractivity contribution in [1.29, 1.82) is 0 Å². The van der Waals surface area contributed by atoms with E-state index < -0.39 is 5.97 Å². The molecule has 0 aliphatic rings. The second kappa shape index (κ2) is 5.92. The molecule has 0 aliphatic carbocycles. The first-order chi connectivity index (χ1) is 7.27. The summed E-state index contributed by atoms with van der Waals surface area (Å²) >= 11 is 0. The quantitative estimate of drug-likeness (QED) is 0.544. The highest BCUT2D eigenvalue weighted by atomic mass is 16.5. The van der Waals surface area contributed by atoms with Gasteiger partial charge in [-0.1, -0.05) is 0 Å². The first-order valence-electron chi connectivity index (χ1n) is 4.53. The van der Waals surface area contributed by atoms with Gasteiger partial charge in [0.05, 0.1) is 13.7 Å². The van der Waals surface area contributed by atoms with E-state index in [2.05, 4.69) is 14.9 Å². The third-order valence-corrected chi connectivity index (χ3v) is 1.63. The van der Waals surface area contributed by atoms with Crippen molar-refractivity contribution in [3.63, 3.8) is 0 Å². The topological polar surface area (TPSA) is 87.3 Å². The highest BCUT2D eigenvalue weighted by Gasteiger charge is 2.07. The molecule has 0 fully saturated rings. The van der Waals surface area contributed by atoms with E-state index in [1.165, 1.54) is 13.2 Å². The fourth-order valence-corrected chi connectivity index (χ4v) is 0.871. The summed E-state index contributed by atoms with van der Waals surface area (Å²) in [5.41, 5.74) is 5.45. The minimum absolute atomic E-state index is 0.156. The van der Waals surface area contributed by atoms with Crippen LogP contribution in [0.4, 0.5) is 0 Å². The molecule has 1 aromatic rings. The zero-order valence-corrected chi connectivity index (χ0v) is 8.47. The summed E-state index contributed by atoms with van der Waals surface area (Å²) in [4.78, 5) is 11.0. The molecule has 0 aromatic carbocycles. The predicted octanol–water partition coefficient (Wildman–Crippen LogP) is -0.00920. The van der Waals surface area contributed by atoms with Gasteiger partial charge in [0.1, 0.15) is 0 Å². The lowest BCUT2D eigenvalue weighted by Gasteiger charge is -2.03. The zero-order chi connectivity index (χ0) is 11.1. The van der Waals surface area contributed by atoms with Crippen LogP contribution in [0.5, 0.6) is 5.88 Å². The van der Waals surface area contributed by atoms with Gasteiger partial charge in [0.15, 0.2) is 5.69 Å². The summed E-state index contributed by atoms with van der Waals surface area (Å²) in [7, 11) is 1.29. The molecule has 1 rings (SSSR count). The fourth-order valence-electron chi connectivity index (χ4n) is 0.871. The molecule has 0 bridgehead atoms. The number of ether oxygens (including phenoxy) is 2. The Labute approximate surface area is 87.4 Å². The molecule has 1 heterocycles. The van der Waals surface area contributed by atoms with Crippen LogP contribution < -0.4 is 10.5 Å². The van der Waals surface area contributed by atoms with Gasteiger partial charge < -0.3 is 15.2 Å². The highest BCUT2D eigenvalue weighted by Crippen LogP contribution is 2.05. The third-order valence-electron chi connectivity index (χ3n) is 1.63. The lowest BCUT2D eigenvalue weighted by atomic mass is 10.4. The number of rotatable bonds is 5. The third kappa shape index (κ3) is 3.51. The number of methoxy groups -OCH3 is 1. The van der Waals surface area contributed by atoms with E-state index in [1.54, 1.807) is 6.07 Å². The van der Waals surface area contributed by atoms with Crippen LogP contribution in [0, 0.1) is 0 Å². The van der Waals surface area contributed by atoms with Crippen LogP contribution in [-0.2, 0) is 4.74 Å². The van der Waals surface area contributed by atoms with Gasteiger partial charge in [0.25, 0.3) is 0 Å². The molecule has 0 amide bonds. The minimum atomic E-state index is -0.518. The number of nitrogens with zero attached hydrogens (tertiary/aromatic N) is 2. The largest absolute Gasteiger partial charge is 0.477 e. The first-order valence-corrected chi connectivity index (χ1v) is 4.53. The summed E-state index contributed by atoms with van der Waals surface area (Å²) in [6.45, 7) is 1.05. The van der Waals surface area contributed by atoms with Crippen LogP contribution in [0.1, 0.15) is 16.9 Å². The van der Waals surface area contributed by atoms with Crippen molar-refractivity contribution in [2.24, 2.45) is 5.73 Å². The van der Waals surface area contributed by atoms with E-state index in [-0.39, 0.29) is 5.69 Å². The van der Waals surface area contributed by atoms with E-state index >= 15 is 0 Å². The number of nitrogens with two attached hydrogens (primary N) is 1. The Morgan fingerprint density at radius 3 is 2.80 bits per heavy atom. The van der Waals surface area contributed by atoms with Crippen LogP contribution in [0.2, 0.25) is 0 Å². The van der Waals surface area contributed by atoms with Crippen molar-refractivity contribution in [2.75, 3.05) is 20.3 Å². The summed E-state index contributed by atoms with van der Waals surface area (Å²) in [6.07, 6.45) is 0.750. The lowest BCUT2D eigenvalue weighted by Crippen LogP contribution is -2.09. The van der Waals surface area contributed by atoms with Gasteiger partial charge in [-0.15, -0.1) is 10.2 Å². The molecule has 2 N–H and O–H groups in total. The van der Waals surface area contributed by atoms with E-state index in [0.717, 1.165) is 6.42 Å². The van der Waals surface area contributed by atoms with Crippen LogP contribution in [0.15, 0.2) is 12.1 Å². The fraction of sp³-hybridized carbons (Fsp3) is 0.444. The number of hydrogen-bond donors (Lipinski definition) is 1. The van der Waals surface area contributed by atoms with Crippen molar-refractivity contribution in [3.05, 3.63) is 17.8 Å². The van der Waals surface area contributed by atoms with Gasteiger partial charge in [-0.25, -0.2) is 4.79 Å². The van der Waals surface area contributed by atoms with E-state index in [4.69, 9.17) is 10.5 Å². The molecule has 0 atom stereocenters.